The molecule has 0 spiro atoms. The molecule has 0 bridgehead atoms. The maximum absolute atomic E-state index is 12.3. The molecule has 176 valence electrons. The molecule has 3 aromatic heterocycles. The molecule has 0 unspecified atom stereocenters. The lowest BCUT2D eigenvalue weighted by Crippen LogP contribution is -2.27. The lowest BCUT2D eigenvalue weighted by molar-refractivity contribution is -0.125. The van der Waals surface area contributed by atoms with E-state index in [0.717, 1.165) is 28.5 Å². The van der Waals surface area contributed by atoms with Gasteiger partial charge in [-0.25, -0.2) is 9.97 Å². The Morgan fingerprint density at radius 2 is 2.09 bits per heavy atom. The minimum absolute atomic E-state index is 0.0797. The van der Waals surface area contributed by atoms with E-state index >= 15 is 0 Å². The third-order valence-electron chi connectivity index (χ3n) is 6.19. The van der Waals surface area contributed by atoms with Gasteiger partial charge >= 0.3 is 0 Å². The van der Waals surface area contributed by atoms with Crippen molar-refractivity contribution in [2.24, 2.45) is 0 Å². The molecule has 0 radical (unpaired) electrons. The first-order valence-electron chi connectivity index (χ1n) is 11.4. The second kappa shape index (κ2) is 8.53. The molecule has 1 aliphatic rings. The van der Waals surface area contributed by atoms with Crippen LogP contribution in [0.15, 0.2) is 55.5 Å². The molecule has 0 aliphatic carbocycles. The molecular formula is C27H26N6O2. The molecule has 4 heterocycles. The molecule has 1 fully saturated rings. The molecule has 5 rings (SSSR count). The molecule has 3 N–H and O–H groups in total. The van der Waals surface area contributed by atoms with Crippen LogP contribution >= 0.6 is 0 Å². The van der Waals surface area contributed by atoms with Crippen LogP contribution in [-0.4, -0.2) is 54.1 Å². The van der Waals surface area contributed by atoms with Crippen LogP contribution in [0.2, 0.25) is 0 Å². The van der Waals surface area contributed by atoms with Gasteiger partial charge in [-0.1, -0.05) is 30.7 Å². The second-order valence-corrected chi connectivity index (χ2v) is 9.21. The number of para-hydroxylation sites is 1. The maximum atomic E-state index is 12.3. The Morgan fingerprint density at radius 3 is 2.86 bits per heavy atom. The summed E-state index contributed by atoms with van der Waals surface area (Å²) in [6.45, 7) is 7.98. The van der Waals surface area contributed by atoms with Crippen molar-refractivity contribution in [2.75, 3.05) is 18.8 Å². The second-order valence-electron chi connectivity index (χ2n) is 9.21. The lowest BCUT2D eigenvalue weighted by Gasteiger charge is -2.17. The number of rotatable bonds is 3. The molecule has 0 saturated carbocycles. The molecule has 1 amide bonds. The monoisotopic (exact) mass is 466 g/mol. The number of amides is 1. The topological polar surface area (TPSA) is 110 Å². The highest BCUT2D eigenvalue weighted by atomic mass is 16.3. The Labute approximate surface area is 203 Å². The van der Waals surface area contributed by atoms with Gasteiger partial charge in [0.05, 0.1) is 16.9 Å². The highest BCUT2D eigenvalue weighted by molar-refractivity contribution is 6.04. The normalized spacial score (nSPS) is 15.9. The number of nitrogens with two attached hydrogens (primary N) is 1. The summed E-state index contributed by atoms with van der Waals surface area (Å²) in [4.78, 5) is 27.5. The van der Waals surface area contributed by atoms with Crippen molar-refractivity contribution in [1.82, 2.24) is 24.4 Å². The first-order valence-corrected chi connectivity index (χ1v) is 11.4. The Bertz CT molecular complexity index is 1540. The number of pyridine rings is 1. The number of nitrogens with zero attached hydrogens (tertiary/aromatic N) is 5. The van der Waals surface area contributed by atoms with E-state index in [-0.39, 0.29) is 11.9 Å². The summed E-state index contributed by atoms with van der Waals surface area (Å²) in [6.07, 6.45) is 5.29. The number of likely N-dealkylation sites (tertiary alicyclic amines) is 1. The van der Waals surface area contributed by atoms with E-state index in [0.29, 0.717) is 35.6 Å². The fourth-order valence-electron chi connectivity index (χ4n) is 4.62. The quantitative estimate of drug-likeness (QED) is 0.354. The number of aromatic nitrogens is 4. The lowest BCUT2D eigenvalue weighted by atomic mass is 10.0. The predicted molar refractivity (Wildman–Crippen MR) is 136 cm³/mol. The van der Waals surface area contributed by atoms with Gasteiger partial charge in [-0.05, 0) is 44.4 Å². The number of anilines is 1. The third-order valence-corrected chi connectivity index (χ3v) is 6.19. The smallest absolute Gasteiger partial charge is 0.246 e. The average Bonchev–Trinajstić information content (AvgIpc) is 3.45. The van der Waals surface area contributed by atoms with Crippen molar-refractivity contribution < 1.29 is 9.90 Å². The van der Waals surface area contributed by atoms with Gasteiger partial charge in [0.2, 0.25) is 5.91 Å². The summed E-state index contributed by atoms with van der Waals surface area (Å²) in [6, 6.07) is 9.84. The van der Waals surface area contributed by atoms with Gasteiger partial charge in [0.25, 0.3) is 0 Å². The molecule has 35 heavy (non-hydrogen) atoms. The number of benzene rings is 1. The van der Waals surface area contributed by atoms with Crippen molar-refractivity contribution in [3.05, 3.63) is 61.2 Å². The summed E-state index contributed by atoms with van der Waals surface area (Å²) < 4.78 is 2.03. The first kappa shape index (κ1) is 22.6. The summed E-state index contributed by atoms with van der Waals surface area (Å²) in [5.41, 5.74) is 8.96. The van der Waals surface area contributed by atoms with Gasteiger partial charge in [-0.15, -0.1) is 0 Å². The SMILES string of the molecule is C=CC(=O)N1CC[C@@H](n2c(C#CC(C)(C)O)c(-c3cnc4ccccc4c3)c3c(N)ncnc32)C1. The van der Waals surface area contributed by atoms with Crippen LogP contribution in [0.3, 0.4) is 0 Å². The van der Waals surface area contributed by atoms with Crippen LogP contribution in [0.5, 0.6) is 0 Å². The Morgan fingerprint density at radius 1 is 1.29 bits per heavy atom. The zero-order valence-electron chi connectivity index (χ0n) is 19.7. The van der Waals surface area contributed by atoms with Crippen LogP contribution in [0, 0.1) is 11.8 Å². The molecular weight excluding hydrogens is 440 g/mol. The van der Waals surface area contributed by atoms with Gasteiger partial charge in [0, 0.05) is 35.8 Å². The molecule has 1 aromatic carbocycles. The number of hydrogen-bond acceptors (Lipinski definition) is 6. The fraction of sp³-hybridized carbons (Fsp3) is 0.259. The van der Waals surface area contributed by atoms with E-state index in [4.69, 9.17) is 5.73 Å². The number of nitrogen functional groups attached to an aromatic ring is 1. The van der Waals surface area contributed by atoms with Crippen LogP contribution in [-0.2, 0) is 4.79 Å². The van der Waals surface area contributed by atoms with Crippen molar-refractivity contribution in [2.45, 2.75) is 31.9 Å². The summed E-state index contributed by atoms with van der Waals surface area (Å²) in [5.74, 6) is 6.39. The number of hydrogen-bond donors (Lipinski definition) is 2. The fourth-order valence-corrected chi connectivity index (χ4v) is 4.62. The predicted octanol–water partition coefficient (Wildman–Crippen LogP) is 3.31. The van der Waals surface area contributed by atoms with Crippen molar-refractivity contribution in [3.8, 4) is 23.0 Å². The molecule has 1 atom stereocenters. The summed E-state index contributed by atoms with van der Waals surface area (Å²) in [5, 5.41) is 12.1. The highest BCUT2D eigenvalue weighted by Gasteiger charge is 2.32. The molecule has 4 aromatic rings. The number of aliphatic hydroxyl groups is 1. The standard InChI is InChI=1S/C27H26N6O2/c1-4-22(34)32-12-10-19(15-32)33-21(9-11-27(2,3)35)23(24-25(28)30-16-31-26(24)33)18-13-17-7-5-6-8-20(17)29-14-18/h4-8,13-14,16,19,35H,1,10,12,15H2,2-3H3,(H2,28,30,31)/t19-/m1/s1. The van der Waals surface area contributed by atoms with Gasteiger partial charge in [-0.3, -0.25) is 9.78 Å². The summed E-state index contributed by atoms with van der Waals surface area (Å²) in [7, 11) is 0. The van der Waals surface area contributed by atoms with Crippen LogP contribution in [0.25, 0.3) is 33.1 Å². The van der Waals surface area contributed by atoms with Crippen molar-refractivity contribution in [3.63, 3.8) is 0 Å². The zero-order chi connectivity index (χ0) is 24.7. The Hall–Kier alpha value is -4.22. The van der Waals surface area contributed by atoms with Gasteiger partial charge < -0.3 is 20.3 Å². The highest BCUT2D eigenvalue weighted by Crippen LogP contribution is 2.40. The van der Waals surface area contributed by atoms with Crippen molar-refractivity contribution >= 4 is 33.7 Å². The minimum atomic E-state index is -1.21. The van der Waals surface area contributed by atoms with E-state index in [1.807, 2.05) is 34.9 Å². The first-order chi connectivity index (χ1) is 16.8. The molecule has 8 nitrogen and oxygen atoms in total. The zero-order valence-corrected chi connectivity index (χ0v) is 19.7. The van der Waals surface area contributed by atoms with Gasteiger partial charge in [-0.2, -0.15) is 0 Å². The van der Waals surface area contributed by atoms with E-state index in [1.54, 1.807) is 24.9 Å². The molecule has 1 aliphatic heterocycles. The maximum Gasteiger partial charge on any atom is 0.246 e. The van der Waals surface area contributed by atoms with E-state index < -0.39 is 5.60 Å². The molecule has 1 saturated heterocycles. The van der Waals surface area contributed by atoms with Crippen LogP contribution in [0.1, 0.15) is 32.0 Å². The molecule has 8 heteroatoms. The van der Waals surface area contributed by atoms with E-state index in [9.17, 15) is 9.90 Å². The van der Waals surface area contributed by atoms with Gasteiger partial charge in [0.1, 0.15) is 29.1 Å². The Kier molecular flexibility index (Phi) is 5.50. The minimum Gasteiger partial charge on any atom is -0.383 e. The number of carbonyl (C=O) groups is 1. The van der Waals surface area contributed by atoms with Gasteiger partial charge in [0.15, 0.2) is 0 Å². The van der Waals surface area contributed by atoms with Crippen LogP contribution < -0.4 is 5.73 Å². The van der Waals surface area contributed by atoms with Crippen LogP contribution in [0.4, 0.5) is 5.82 Å². The van der Waals surface area contributed by atoms with E-state index in [1.165, 1.54) is 12.4 Å². The number of carbonyl (C=O) groups excluding carboxylic acids is 1. The van der Waals surface area contributed by atoms with Crippen molar-refractivity contribution in [1.29, 1.82) is 0 Å². The number of fused-ring (bicyclic) bond motifs is 2. The Balaban J connectivity index is 1.81. The van der Waals surface area contributed by atoms with E-state index in [2.05, 4.69) is 33.4 Å². The average molecular weight is 467 g/mol. The largest absolute Gasteiger partial charge is 0.383 e. The summed E-state index contributed by atoms with van der Waals surface area (Å²) >= 11 is 0. The third kappa shape index (κ3) is 4.11.